The minimum absolute atomic E-state index is 0.113. The Balaban J connectivity index is 2.39. The molecule has 0 N–H and O–H groups in total. The van der Waals surface area contributed by atoms with Gasteiger partial charge in [0.1, 0.15) is 0 Å². The average Bonchev–Trinajstić information content (AvgIpc) is 2.38. The summed E-state index contributed by atoms with van der Waals surface area (Å²) in [6.45, 7) is 3.12. The second-order valence-corrected chi connectivity index (χ2v) is 7.78. The summed E-state index contributed by atoms with van der Waals surface area (Å²) in [4.78, 5) is 0.113. The van der Waals surface area contributed by atoms with Crippen molar-refractivity contribution in [1.29, 1.82) is 0 Å². The Morgan fingerprint density at radius 1 is 1.30 bits per heavy atom. The van der Waals surface area contributed by atoms with Crippen LogP contribution in [-0.2, 0) is 10.0 Å². The molecule has 0 spiro atoms. The molecule has 1 unspecified atom stereocenters. The first kappa shape index (κ1) is 15.9. The molecule has 1 saturated heterocycles. The van der Waals surface area contributed by atoms with Crippen LogP contribution in [0.5, 0.6) is 5.75 Å². The first-order chi connectivity index (χ1) is 9.36. The van der Waals surface area contributed by atoms with Crippen molar-refractivity contribution in [2.45, 2.75) is 24.7 Å². The number of hydrogen-bond acceptors (Lipinski definition) is 3. The van der Waals surface area contributed by atoms with Crippen molar-refractivity contribution in [2.24, 2.45) is 5.92 Å². The number of rotatable bonds is 3. The second kappa shape index (κ2) is 6.10. The third-order valence-electron chi connectivity index (χ3n) is 3.43. The largest absolute Gasteiger partial charge is 0.494 e. The topological polar surface area (TPSA) is 46.6 Å². The lowest BCUT2D eigenvalue weighted by molar-refractivity contribution is 0.281. The number of ether oxygens (including phenoxy) is 1. The van der Waals surface area contributed by atoms with Crippen molar-refractivity contribution in [1.82, 2.24) is 4.31 Å². The fourth-order valence-electron chi connectivity index (χ4n) is 2.39. The van der Waals surface area contributed by atoms with Crippen LogP contribution in [0.4, 0.5) is 0 Å². The molecule has 0 amide bonds. The van der Waals surface area contributed by atoms with Crippen LogP contribution in [0.25, 0.3) is 0 Å². The van der Waals surface area contributed by atoms with Gasteiger partial charge < -0.3 is 4.74 Å². The van der Waals surface area contributed by atoms with Gasteiger partial charge in [0.05, 0.1) is 22.1 Å². The van der Waals surface area contributed by atoms with Gasteiger partial charge in [0.25, 0.3) is 0 Å². The molecular weight excluding hydrogens is 321 g/mol. The van der Waals surface area contributed by atoms with Crippen molar-refractivity contribution in [3.8, 4) is 5.75 Å². The van der Waals surface area contributed by atoms with Crippen molar-refractivity contribution in [2.75, 3.05) is 20.2 Å². The molecule has 1 heterocycles. The molecule has 0 radical (unpaired) electrons. The van der Waals surface area contributed by atoms with E-state index >= 15 is 0 Å². The van der Waals surface area contributed by atoms with Crippen molar-refractivity contribution < 1.29 is 13.2 Å². The van der Waals surface area contributed by atoms with E-state index in [9.17, 15) is 8.42 Å². The summed E-state index contributed by atoms with van der Waals surface area (Å²) in [5.74, 6) is 0.655. The third-order valence-corrected chi connectivity index (χ3v) is 5.84. The molecule has 0 aromatic heterocycles. The monoisotopic (exact) mass is 337 g/mol. The molecular formula is C13H17Cl2NO3S. The Morgan fingerprint density at radius 3 is 2.40 bits per heavy atom. The minimum atomic E-state index is -3.56. The van der Waals surface area contributed by atoms with E-state index in [0.29, 0.717) is 24.8 Å². The normalized spacial score (nSPS) is 20.9. The van der Waals surface area contributed by atoms with E-state index in [4.69, 9.17) is 27.9 Å². The molecule has 1 aromatic rings. The number of piperidine rings is 1. The minimum Gasteiger partial charge on any atom is -0.494 e. The fraction of sp³-hybridized carbons (Fsp3) is 0.538. The van der Waals surface area contributed by atoms with Gasteiger partial charge in [-0.25, -0.2) is 8.42 Å². The summed E-state index contributed by atoms with van der Waals surface area (Å²) in [5.41, 5.74) is 0. The van der Waals surface area contributed by atoms with Crippen LogP contribution in [-0.4, -0.2) is 32.9 Å². The number of halogens is 2. The Hall–Kier alpha value is -0.490. The van der Waals surface area contributed by atoms with Gasteiger partial charge >= 0.3 is 0 Å². The zero-order chi connectivity index (χ0) is 14.9. The van der Waals surface area contributed by atoms with Crippen LogP contribution in [0.3, 0.4) is 0 Å². The van der Waals surface area contributed by atoms with E-state index in [1.165, 1.54) is 23.5 Å². The van der Waals surface area contributed by atoms with Crippen LogP contribution in [0.1, 0.15) is 19.8 Å². The quantitative estimate of drug-likeness (QED) is 0.848. The second-order valence-electron chi connectivity index (χ2n) is 5.03. The molecule has 0 aliphatic carbocycles. The molecule has 1 aromatic carbocycles. The molecule has 2 rings (SSSR count). The fourth-order valence-corrected chi connectivity index (χ4v) is 4.82. The van der Waals surface area contributed by atoms with E-state index in [0.717, 1.165) is 12.8 Å². The highest BCUT2D eigenvalue weighted by molar-refractivity contribution is 7.89. The number of benzene rings is 1. The molecule has 1 atom stereocenters. The summed E-state index contributed by atoms with van der Waals surface area (Å²) >= 11 is 12.0. The Morgan fingerprint density at radius 2 is 1.90 bits per heavy atom. The summed E-state index contributed by atoms with van der Waals surface area (Å²) < 4.78 is 31.7. The number of methoxy groups -OCH3 is 1. The van der Waals surface area contributed by atoms with Crippen molar-refractivity contribution >= 4 is 33.2 Å². The number of nitrogens with zero attached hydrogens (tertiary/aromatic N) is 1. The highest BCUT2D eigenvalue weighted by Crippen LogP contribution is 2.36. The smallest absolute Gasteiger partial charge is 0.243 e. The van der Waals surface area contributed by atoms with E-state index in [1.807, 2.05) is 0 Å². The lowest BCUT2D eigenvalue weighted by Crippen LogP contribution is -2.39. The zero-order valence-corrected chi connectivity index (χ0v) is 13.7. The molecule has 0 bridgehead atoms. The summed E-state index contributed by atoms with van der Waals surface area (Å²) in [6.07, 6.45) is 1.92. The molecule has 1 aliphatic heterocycles. The predicted molar refractivity (Wildman–Crippen MR) is 80.2 cm³/mol. The first-order valence-electron chi connectivity index (χ1n) is 6.39. The molecule has 20 heavy (non-hydrogen) atoms. The van der Waals surface area contributed by atoms with Gasteiger partial charge in [0, 0.05) is 13.1 Å². The predicted octanol–water partition coefficient (Wildman–Crippen LogP) is 3.42. The maximum absolute atomic E-state index is 12.6. The summed E-state index contributed by atoms with van der Waals surface area (Å²) in [6, 6.07) is 2.78. The van der Waals surface area contributed by atoms with Crippen LogP contribution in [0, 0.1) is 5.92 Å². The standard InChI is InChI=1S/C13H17Cl2NO3S/c1-9-4-3-5-16(8-9)20(17,18)10-6-11(14)13(19-2)12(15)7-10/h6-7,9H,3-5,8H2,1-2H3. The summed E-state index contributed by atoms with van der Waals surface area (Å²) in [7, 11) is -2.12. The highest BCUT2D eigenvalue weighted by Gasteiger charge is 2.29. The summed E-state index contributed by atoms with van der Waals surface area (Å²) in [5, 5.41) is 0.396. The van der Waals surface area contributed by atoms with Crippen LogP contribution >= 0.6 is 23.2 Å². The lowest BCUT2D eigenvalue weighted by atomic mass is 10.0. The van der Waals surface area contributed by atoms with E-state index in [1.54, 1.807) is 0 Å². The van der Waals surface area contributed by atoms with Crippen LogP contribution in [0.2, 0.25) is 10.0 Å². The van der Waals surface area contributed by atoms with Crippen LogP contribution in [0.15, 0.2) is 17.0 Å². The lowest BCUT2D eigenvalue weighted by Gasteiger charge is -2.30. The van der Waals surface area contributed by atoms with Gasteiger partial charge in [0.2, 0.25) is 10.0 Å². The van der Waals surface area contributed by atoms with E-state index in [-0.39, 0.29) is 14.9 Å². The average molecular weight is 338 g/mol. The first-order valence-corrected chi connectivity index (χ1v) is 8.59. The molecule has 1 fully saturated rings. The Labute approximate surface area is 129 Å². The maximum atomic E-state index is 12.6. The van der Waals surface area contributed by atoms with Gasteiger partial charge in [-0.3, -0.25) is 0 Å². The van der Waals surface area contributed by atoms with Gasteiger partial charge in [-0.15, -0.1) is 0 Å². The zero-order valence-electron chi connectivity index (χ0n) is 11.4. The number of hydrogen-bond donors (Lipinski definition) is 0. The Bertz CT molecular complexity index is 581. The van der Waals surface area contributed by atoms with Gasteiger partial charge in [-0.2, -0.15) is 4.31 Å². The SMILES string of the molecule is COc1c(Cl)cc(S(=O)(=O)N2CCCC(C)C2)cc1Cl. The molecule has 1 aliphatic rings. The molecule has 4 nitrogen and oxygen atoms in total. The molecule has 112 valence electrons. The Kier molecular flexibility index (Phi) is 4.84. The van der Waals surface area contributed by atoms with Crippen molar-refractivity contribution in [3.63, 3.8) is 0 Å². The third kappa shape index (κ3) is 3.06. The van der Waals surface area contributed by atoms with Crippen LogP contribution < -0.4 is 4.74 Å². The van der Waals surface area contributed by atoms with Crippen molar-refractivity contribution in [3.05, 3.63) is 22.2 Å². The molecule has 7 heteroatoms. The maximum Gasteiger partial charge on any atom is 0.243 e. The van der Waals surface area contributed by atoms with E-state index < -0.39 is 10.0 Å². The van der Waals surface area contributed by atoms with Gasteiger partial charge in [0.15, 0.2) is 5.75 Å². The van der Waals surface area contributed by atoms with Gasteiger partial charge in [-0.05, 0) is 30.9 Å². The van der Waals surface area contributed by atoms with Gasteiger partial charge in [-0.1, -0.05) is 30.1 Å². The highest BCUT2D eigenvalue weighted by atomic mass is 35.5. The number of sulfonamides is 1. The molecule has 0 saturated carbocycles. The van der Waals surface area contributed by atoms with E-state index in [2.05, 4.69) is 6.92 Å².